The molecule has 0 atom stereocenters. The normalized spacial score (nSPS) is 11.0. The van der Waals surface area contributed by atoms with Gasteiger partial charge in [0.1, 0.15) is 5.82 Å². The van der Waals surface area contributed by atoms with E-state index in [1.54, 1.807) is 41.2 Å². The van der Waals surface area contributed by atoms with Crippen molar-refractivity contribution in [3.63, 3.8) is 0 Å². The first-order valence-corrected chi connectivity index (χ1v) is 8.79. The Balaban J connectivity index is 1.72. The summed E-state index contributed by atoms with van der Waals surface area (Å²) in [5.41, 5.74) is 3.53. The van der Waals surface area contributed by atoms with Gasteiger partial charge in [-0.2, -0.15) is 10.4 Å². The lowest BCUT2D eigenvalue weighted by Crippen LogP contribution is -2.16. The second-order valence-electron chi connectivity index (χ2n) is 7.46. The Morgan fingerprint density at radius 3 is 2.33 bits per heavy atom. The van der Waals surface area contributed by atoms with Crippen LogP contribution in [0.25, 0.3) is 0 Å². The van der Waals surface area contributed by atoms with E-state index in [0.29, 0.717) is 23.5 Å². The van der Waals surface area contributed by atoms with E-state index in [-0.39, 0.29) is 11.3 Å². The molecule has 136 valence electrons. The van der Waals surface area contributed by atoms with Crippen LogP contribution in [0, 0.1) is 11.3 Å². The molecular weight excluding hydrogens is 336 g/mol. The Labute approximate surface area is 159 Å². The van der Waals surface area contributed by atoms with E-state index in [9.17, 15) is 4.79 Å². The number of amides is 1. The van der Waals surface area contributed by atoms with Gasteiger partial charge in [-0.05, 0) is 40.8 Å². The van der Waals surface area contributed by atoms with Crippen molar-refractivity contribution in [3.8, 4) is 6.07 Å². The van der Waals surface area contributed by atoms with Crippen molar-refractivity contribution in [2.24, 2.45) is 0 Å². The fraction of sp³-hybridized carbons (Fsp3) is 0.227. The van der Waals surface area contributed by atoms with Gasteiger partial charge in [0.25, 0.3) is 5.91 Å². The molecule has 5 nitrogen and oxygen atoms in total. The minimum Gasteiger partial charge on any atom is -0.307 e. The smallest absolute Gasteiger partial charge is 0.256 e. The molecule has 0 saturated heterocycles. The third kappa shape index (κ3) is 4.42. The molecule has 0 bridgehead atoms. The SMILES string of the molecule is CC(C)(C)c1ccc(Cn2nccc2NC(=O)c2ccc(C#N)cc2)cc1. The van der Waals surface area contributed by atoms with E-state index >= 15 is 0 Å². The maximum absolute atomic E-state index is 12.4. The van der Waals surface area contributed by atoms with Crippen molar-refractivity contribution in [3.05, 3.63) is 83.0 Å². The fourth-order valence-corrected chi connectivity index (χ4v) is 2.73. The van der Waals surface area contributed by atoms with Crippen LogP contribution in [0.4, 0.5) is 5.82 Å². The summed E-state index contributed by atoms with van der Waals surface area (Å²) in [6, 6.07) is 18.8. The van der Waals surface area contributed by atoms with Crippen LogP contribution in [-0.2, 0) is 12.0 Å². The number of anilines is 1. The predicted molar refractivity (Wildman–Crippen MR) is 106 cm³/mol. The van der Waals surface area contributed by atoms with Crippen molar-refractivity contribution in [1.82, 2.24) is 9.78 Å². The fourth-order valence-electron chi connectivity index (χ4n) is 2.73. The van der Waals surface area contributed by atoms with Gasteiger partial charge >= 0.3 is 0 Å². The molecule has 1 aromatic heterocycles. The molecule has 3 aromatic rings. The highest BCUT2D eigenvalue weighted by Gasteiger charge is 2.14. The molecule has 0 fully saturated rings. The minimum absolute atomic E-state index is 0.116. The zero-order chi connectivity index (χ0) is 19.4. The van der Waals surface area contributed by atoms with Gasteiger partial charge in [0.05, 0.1) is 24.4 Å². The topological polar surface area (TPSA) is 70.7 Å². The lowest BCUT2D eigenvalue weighted by atomic mass is 9.87. The number of aromatic nitrogens is 2. The number of benzene rings is 2. The van der Waals surface area contributed by atoms with Crippen LogP contribution in [0.1, 0.15) is 47.8 Å². The molecule has 0 aliphatic rings. The Bertz CT molecular complexity index is 971. The Hall–Kier alpha value is -3.39. The van der Waals surface area contributed by atoms with E-state index in [1.165, 1.54) is 5.56 Å². The van der Waals surface area contributed by atoms with E-state index in [0.717, 1.165) is 5.56 Å². The molecule has 0 radical (unpaired) electrons. The number of carbonyl (C=O) groups excluding carboxylic acids is 1. The van der Waals surface area contributed by atoms with Crippen molar-refractivity contribution in [1.29, 1.82) is 5.26 Å². The van der Waals surface area contributed by atoms with Gasteiger partial charge < -0.3 is 5.32 Å². The number of rotatable bonds is 4. The number of nitrogens with one attached hydrogen (secondary N) is 1. The second-order valence-corrected chi connectivity index (χ2v) is 7.46. The third-order valence-corrected chi connectivity index (χ3v) is 4.39. The Morgan fingerprint density at radius 1 is 1.07 bits per heavy atom. The van der Waals surface area contributed by atoms with Crippen molar-refractivity contribution in [2.45, 2.75) is 32.7 Å². The standard InChI is InChI=1S/C22H22N4O/c1-22(2,3)19-10-6-17(7-11-19)15-26-20(12-13-24-26)25-21(27)18-8-4-16(14-23)5-9-18/h4-13H,15H2,1-3H3,(H,25,27). The lowest BCUT2D eigenvalue weighted by molar-refractivity contribution is 0.102. The first kappa shape index (κ1) is 18.4. The van der Waals surface area contributed by atoms with Crippen LogP contribution in [0.5, 0.6) is 0 Å². The van der Waals surface area contributed by atoms with Crippen LogP contribution in [0.15, 0.2) is 60.8 Å². The van der Waals surface area contributed by atoms with Gasteiger partial charge in [-0.1, -0.05) is 45.0 Å². The summed E-state index contributed by atoms with van der Waals surface area (Å²) in [6.07, 6.45) is 1.66. The second kappa shape index (κ2) is 7.46. The monoisotopic (exact) mass is 358 g/mol. The molecule has 1 heterocycles. The average Bonchev–Trinajstić information content (AvgIpc) is 3.08. The Morgan fingerprint density at radius 2 is 1.74 bits per heavy atom. The molecule has 0 spiro atoms. The van der Waals surface area contributed by atoms with Crippen LogP contribution >= 0.6 is 0 Å². The van der Waals surface area contributed by atoms with Crippen molar-refractivity contribution >= 4 is 11.7 Å². The summed E-state index contributed by atoms with van der Waals surface area (Å²) in [7, 11) is 0. The summed E-state index contributed by atoms with van der Waals surface area (Å²) >= 11 is 0. The van der Waals surface area contributed by atoms with Gasteiger partial charge in [-0.3, -0.25) is 4.79 Å². The average molecular weight is 358 g/mol. The predicted octanol–water partition coefficient (Wildman–Crippen LogP) is 4.35. The highest BCUT2D eigenvalue weighted by atomic mass is 16.1. The molecule has 0 saturated carbocycles. The largest absolute Gasteiger partial charge is 0.307 e. The molecule has 1 N–H and O–H groups in total. The molecule has 2 aromatic carbocycles. The Kier molecular flexibility index (Phi) is 5.09. The molecule has 0 aliphatic carbocycles. The maximum atomic E-state index is 12.4. The van der Waals surface area contributed by atoms with Crippen LogP contribution in [0.2, 0.25) is 0 Å². The number of nitrogens with zero attached hydrogens (tertiary/aromatic N) is 3. The summed E-state index contributed by atoms with van der Waals surface area (Å²) < 4.78 is 1.76. The summed E-state index contributed by atoms with van der Waals surface area (Å²) in [5, 5.41) is 16.0. The van der Waals surface area contributed by atoms with E-state index in [4.69, 9.17) is 5.26 Å². The minimum atomic E-state index is -0.232. The van der Waals surface area contributed by atoms with Crippen LogP contribution < -0.4 is 5.32 Å². The first-order chi connectivity index (χ1) is 12.9. The summed E-state index contributed by atoms with van der Waals surface area (Å²) in [5.74, 6) is 0.397. The highest BCUT2D eigenvalue weighted by molar-refractivity contribution is 6.03. The van der Waals surface area contributed by atoms with Gasteiger partial charge in [0.2, 0.25) is 0 Å². The maximum Gasteiger partial charge on any atom is 0.256 e. The van der Waals surface area contributed by atoms with Crippen molar-refractivity contribution in [2.75, 3.05) is 5.32 Å². The van der Waals surface area contributed by atoms with Gasteiger partial charge in [-0.15, -0.1) is 0 Å². The zero-order valence-corrected chi connectivity index (χ0v) is 15.7. The van der Waals surface area contributed by atoms with Crippen molar-refractivity contribution < 1.29 is 4.79 Å². The number of nitriles is 1. The number of hydrogen-bond donors (Lipinski definition) is 1. The van der Waals surface area contributed by atoms with E-state index in [2.05, 4.69) is 55.5 Å². The lowest BCUT2D eigenvalue weighted by Gasteiger charge is -2.19. The molecule has 0 unspecified atom stereocenters. The summed E-state index contributed by atoms with van der Waals surface area (Å²) in [4.78, 5) is 12.4. The van der Waals surface area contributed by atoms with Crippen LogP contribution in [0.3, 0.4) is 0 Å². The molecule has 27 heavy (non-hydrogen) atoms. The third-order valence-electron chi connectivity index (χ3n) is 4.39. The van der Waals surface area contributed by atoms with Gasteiger partial charge in [-0.25, -0.2) is 4.68 Å². The molecular formula is C22H22N4O. The summed E-state index contributed by atoms with van der Waals surface area (Å²) in [6.45, 7) is 7.13. The zero-order valence-electron chi connectivity index (χ0n) is 15.7. The molecule has 0 aliphatic heterocycles. The van der Waals surface area contributed by atoms with Crippen LogP contribution in [-0.4, -0.2) is 15.7 Å². The molecule has 5 heteroatoms. The van der Waals surface area contributed by atoms with Gasteiger partial charge in [0.15, 0.2) is 0 Å². The number of hydrogen-bond acceptors (Lipinski definition) is 3. The molecule has 3 rings (SSSR count). The first-order valence-electron chi connectivity index (χ1n) is 8.79. The van der Waals surface area contributed by atoms with E-state index < -0.39 is 0 Å². The quantitative estimate of drug-likeness (QED) is 0.753. The molecule has 1 amide bonds. The highest BCUT2D eigenvalue weighted by Crippen LogP contribution is 2.22. The van der Waals surface area contributed by atoms with Gasteiger partial charge in [0, 0.05) is 11.6 Å². The van der Waals surface area contributed by atoms with E-state index in [1.807, 2.05) is 6.07 Å². The number of carbonyl (C=O) groups is 1.